The molecule has 32 heavy (non-hydrogen) atoms. The predicted octanol–water partition coefficient (Wildman–Crippen LogP) is 5.96. The molecule has 0 fully saturated rings. The molecule has 0 unspecified atom stereocenters. The second-order valence-electron chi connectivity index (χ2n) is 7.96. The molecule has 0 amide bonds. The molecule has 1 aliphatic rings. The first kappa shape index (κ1) is 21.4. The Bertz CT molecular complexity index is 1220. The fourth-order valence-corrected chi connectivity index (χ4v) is 3.64. The zero-order valence-corrected chi connectivity index (χ0v) is 18.5. The molecule has 0 atom stereocenters. The Morgan fingerprint density at radius 2 is 1.75 bits per heavy atom. The van der Waals surface area contributed by atoms with E-state index in [0.717, 1.165) is 5.56 Å². The van der Waals surface area contributed by atoms with E-state index >= 15 is 0 Å². The number of esters is 1. The number of hydrogen-bond donors (Lipinski definition) is 0. The van der Waals surface area contributed by atoms with E-state index in [1.165, 1.54) is 12.7 Å². The van der Waals surface area contributed by atoms with Crippen LogP contribution >= 0.6 is 0 Å². The van der Waals surface area contributed by atoms with Crippen LogP contribution in [0.15, 0.2) is 66.4 Å². The van der Waals surface area contributed by atoms with Crippen LogP contribution < -0.4 is 14.2 Å². The van der Waals surface area contributed by atoms with Crippen molar-refractivity contribution in [2.24, 2.45) is 0 Å². The Morgan fingerprint density at radius 1 is 1.03 bits per heavy atom. The van der Waals surface area contributed by atoms with E-state index in [1.54, 1.807) is 49.4 Å². The molecule has 5 nitrogen and oxygen atoms in total. The molecule has 0 radical (unpaired) electrons. The summed E-state index contributed by atoms with van der Waals surface area (Å²) in [6.45, 7) is 6.06. The second kappa shape index (κ2) is 8.71. The molecule has 0 N–H and O–H groups in total. The molecule has 5 heteroatoms. The van der Waals surface area contributed by atoms with Gasteiger partial charge in [0.15, 0.2) is 5.76 Å². The Morgan fingerprint density at radius 3 is 2.44 bits per heavy atom. The Kier molecular flexibility index (Phi) is 5.82. The smallest absolute Gasteiger partial charge is 0.347 e. The number of Topliss-reactive ketones (excluding diaryl/α,β-unsaturated/α-hetero) is 1. The van der Waals surface area contributed by atoms with Gasteiger partial charge in [-0.1, -0.05) is 50.2 Å². The quantitative estimate of drug-likeness (QED) is 0.285. The number of methoxy groups -OCH3 is 1. The van der Waals surface area contributed by atoms with Gasteiger partial charge in [0.25, 0.3) is 0 Å². The van der Waals surface area contributed by atoms with Crippen LogP contribution in [0.25, 0.3) is 6.08 Å². The highest BCUT2D eigenvalue weighted by molar-refractivity contribution is 6.15. The third-order valence-electron chi connectivity index (χ3n) is 5.38. The summed E-state index contributed by atoms with van der Waals surface area (Å²) >= 11 is 0. The van der Waals surface area contributed by atoms with Crippen molar-refractivity contribution in [2.45, 2.75) is 26.7 Å². The van der Waals surface area contributed by atoms with Crippen molar-refractivity contribution in [2.75, 3.05) is 7.11 Å². The first-order valence-corrected chi connectivity index (χ1v) is 10.4. The number of ketones is 1. The van der Waals surface area contributed by atoms with Crippen molar-refractivity contribution in [3.05, 3.63) is 94.2 Å². The summed E-state index contributed by atoms with van der Waals surface area (Å²) in [7, 11) is 1.50. The standard InChI is InChI=1S/C27H24O5/c1-16(2)19-11-9-18(10-12-19)14-24-26(28)25-17(3)13-20(15-23(25)32-24)31-27(29)21-7-5-6-8-22(21)30-4/h5-16H,1-4H3/b24-14-. The molecule has 0 bridgehead atoms. The van der Waals surface area contributed by atoms with Crippen molar-refractivity contribution in [1.82, 2.24) is 0 Å². The molecule has 0 aliphatic carbocycles. The van der Waals surface area contributed by atoms with Crippen molar-refractivity contribution < 1.29 is 23.8 Å². The summed E-state index contributed by atoms with van der Waals surface area (Å²) in [4.78, 5) is 25.5. The number of fused-ring (bicyclic) bond motifs is 1. The minimum atomic E-state index is -0.549. The number of ether oxygens (including phenoxy) is 3. The van der Waals surface area contributed by atoms with Crippen LogP contribution in [0.4, 0.5) is 0 Å². The highest BCUT2D eigenvalue weighted by atomic mass is 16.5. The van der Waals surface area contributed by atoms with Gasteiger partial charge >= 0.3 is 5.97 Å². The third kappa shape index (κ3) is 4.14. The summed E-state index contributed by atoms with van der Waals surface area (Å²) < 4.78 is 16.6. The number of benzene rings is 3. The lowest BCUT2D eigenvalue weighted by Gasteiger charge is -2.10. The first-order chi connectivity index (χ1) is 15.4. The molecule has 0 saturated carbocycles. The lowest BCUT2D eigenvalue weighted by Crippen LogP contribution is -2.10. The minimum absolute atomic E-state index is 0.187. The van der Waals surface area contributed by atoms with Crippen LogP contribution in [0.1, 0.15) is 57.2 Å². The van der Waals surface area contributed by atoms with Crippen LogP contribution in [-0.2, 0) is 0 Å². The van der Waals surface area contributed by atoms with Crippen LogP contribution in [0, 0.1) is 6.92 Å². The highest BCUT2D eigenvalue weighted by Crippen LogP contribution is 2.38. The molecular formula is C27H24O5. The van der Waals surface area contributed by atoms with Crippen LogP contribution in [0.3, 0.4) is 0 Å². The average Bonchev–Trinajstić information content (AvgIpc) is 3.09. The van der Waals surface area contributed by atoms with Crippen molar-refractivity contribution in [3.8, 4) is 17.2 Å². The van der Waals surface area contributed by atoms with Gasteiger partial charge in [-0.15, -0.1) is 0 Å². The number of carbonyl (C=O) groups excluding carboxylic acids is 2. The zero-order chi connectivity index (χ0) is 22.8. The van der Waals surface area contributed by atoms with Gasteiger partial charge in [0.05, 0.1) is 12.7 Å². The van der Waals surface area contributed by atoms with Crippen molar-refractivity contribution >= 4 is 17.8 Å². The van der Waals surface area contributed by atoms with Crippen molar-refractivity contribution in [3.63, 3.8) is 0 Å². The van der Waals surface area contributed by atoms with Gasteiger partial charge in [-0.2, -0.15) is 0 Å². The van der Waals surface area contributed by atoms with Gasteiger partial charge in [0, 0.05) is 6.07 Å². The number of para-hydroxylation sites is 1. The molecule has 0 saturated heterocycles. The maximum absolute atomic E-state index is 12.9. The van der Waals surface area contributed by atoms with E-state index in [2.05, 4.69) is 13.8 Å². The molecule has 4 rings (SSSR count). The first-order valence-electron chi connectivity index (χ1n) is 10.4. The highest BCUT2D eigenvalue weighted by Gasteiger charge is 2.30. The predicted molar refractivity (Wildman–Crippen MR) is 123 cm³/mol. The van der Waals surface area contributed by atoms with E-state index in [4.69, 9.17) is 14.2 Å². The number of rotatable bonds is 5. The van der Waals surface area contributed by atoms with Crippen molar-refractivity contribution in [1.29, 1.82) is 0 Å². The van der Waals surface area contributed by atoms with E-state index in [0.29, 0.717) is 39.9 Å². The van der Waals surface area contributed by atoms with Crippen LogP contribution in [-0.4, -0.2) is 18.9 Å². The van der Waals surface area contributed by atoms with Gasteiger partial charge in [-0.25, -0.2) is 4.79 Å². The van der Waals surface area contributed by atoms with Gasteiger partial charge in [-0.3, -0.25) is 4.79 Å². The maximum Gasteiger partial charge on any atom is 0.347 e. The second-order valence-corrected chi connectivity index (χ2v) is 7.96. The van der Waals surface area contributed by atoms with E-state index in [-0.39, 0.29) is 11.5 Å². The van der Waals surface area contributed by atoms with Gasteiger partial charge < -0.3 is 14.2 Å². The summed E-state index contributed by atoms with van der Waals surface area (Å²) in [5, 5.41) is 0. The summed E-state index contributed by atoms with van der Waals surface area (Å²) in [5.41, 5.74) is 3.58. The molecule has 1 heterocycles. The summed E-state index contributed by atoms with van der Waals surface area (Å²) in [6.07, 6.45) is 1.73. The lowest BCUT2D eigenvalue weighted by molar-refractivity contribution is 0.0731. The molecule has 162 valence electrons. The maximum atomic E-state index is 12.9. The Labute approximate surface area is 187 Å². The Balaban J connectivity index is 1.58. The molecule has 0 spiro atoms. The number of hydrogen-bond acceptors (Lipinski definition) is 5. The minimum Gasteiger partial charge on any atom is -0.496 e. The average molecular weight is 428 g/mol. The Hall–Kier alpha value is -3.86. The summed E-state index contributed by atoms with van der Waals surface area (Å²) in [5.74, 6) is 1.05. The monoisotopic (exact) mass is 428 g/mol. The molecule has 3 aromatic rings. The third-order valence-corrected chi connectivity index (χ3v) is 5.38. The van der Waals surface area contributed by atoms with E-state index < -0.39 is 5.97 Å². The van der Waals surface area contributed by atoms with Crippen LogP contribution in [0.2, 0.25) is 0 Å². The molecule has 3 aromatic carbocycles. The molecule has 1 aliphatic heterocycles. The largest absolute Gasteiger partial charge is 0.496 e. The van der Waals surface area contributed by atoms with Crippen LogP contribution in [0.5, 0.6) is 17.2 Å². The van der Waals surface area contributed by atoms with Gasteiger partial charge in [-0.05, 0) is 53.8 Å². The van der Waals surface area contributed by atoms with Gasteiger partial charge in [0.1, 0.15) is 22.8 Å². The molecule has 0 aromatic heterocycles. The number of aryl methyl sites for hydroxylation is 1. The summed E-state index contributed by atoms with van der Waals surface area (Å²) in [6, 6.07) is 18.1. The fraction of sp³-hybridized carbons (Fsp3) is 0.185. The fourth-order valence-electron chi connectivity index (χ4n) is 3.64. The number of allylic oxidation sites excluding steroid dienone is 1. The number of carbonyl (C=O) groups is 2. The van der Waals surface area contributed by atoms with E-state index in [1.807, 2.05) is 24.3 Å². The molecular weight excluding hydrogens is 404 g/mol. The van der Waals surface area contributed by atoms with Gasteiger partial charge in [0.2, 0.25) is 5.78 Å². The SMILES string of the molecule is COc1ccccc1C(=O)Oc1cc(C)c2c(c1)O/C(=C\c1ccc(C(C)C)cc1)C2=O. The topological polar surface area (TPSA) is 61.8 Å². The lowest BCUT2D eigenvalue weighted by atomic mass is 10.0. The van der Waals surface area contributed by atoms with E-state index in [9.17, 15) is 9.59 Å². The zero-order valence-electron chi connectivity index (χ0n) is 18.5. The normalized spacial score (nSPS) is 13.8.